The molecule has 1 aromatic carbocycles. The van der Waals surface area contributed by atoms with E-state index in [2.05, 4.69) is 25.1 Å². The van der Waals surface area contributed by atoms with Crippen LogP contribution in [-0.4, -0.2) is 18.9 Å². The standard InChI is InChI=1S/C18H20O3/c1-3-18-9-8-15(19)11-14(18)6-4-12-10-13(17(20)21-2)5-7-16(12)18/h4-7,10,14H,3,8-9,11H2,1-2H3. The monoisotopic (exact) mass is 284 g/mol. The van der Waals surface area contributed by atoms with Gasteiger partial charge in [0.15, 0.2) is 0 Å². The van der Waals surface area contributed by atoms with Gasteiger partial charge in [0, 0.05) is 18.3 Å². The lowest BCUT2D eigenvalue weighted by Crippen LogP contribution is -2.41. The smallest absolute Gasteiger partial charge is 0.337 e. The first-order valence-electron chi connectivity index (χ1n) is 7.53. The lowest BCUT2D eigenvalue weighted by molar-refractivity contribution is -0.122. The minimum Gasteiger partial charge on any atom is -0.465 e. The van der Waals surface area contributed by atoms with Crippen molar-refractivity contribution in [3.05, 3.63) is 41.0 Å². The largest absolute Gasteiger partial charge is 0.465 e. The van der Waals surface area contributed by atoms with Crippen LogP contribution in [0, 0.1) is 5.92 Å². The van der Waals surface area contributed by atoms with Crippen molar-refractivity contribution < 1.29 is 14.3 Å². The van der Waals surface area contributed by atoms with Crippen LogP contribution in [0.5, 0.6) is 0 Å². The van der Waals surface area contributed by atoms with E-state index in [1.54, 1.807) is 0 Å². The predicted octanol–water partition coefficient (Wildman–Crippen LogP) is 3.52. The van der Waals surface area contributed by atoms with E-state index in [1.807, 2.05) is 12.1 Å². The molecular formula is C18H20O3. The fourth-order valence-electron chi connectivity index (χ4n) is 3.93. The summed E-state index contributed by atoms with van der Waals surface area (Å²) < 4.78 is 4.79. The van der Waals surface area contributed by atoms with Gasteiger partial charge in [-0.2, -0.15) is 0 Å². The van der Waals surface area contributed by atoms with Gasteiger partial charge in [0.05, 0.1) is 12.7 Å². The van der Waals surface area contributed by atoms with Gasteiger partial charge in [0.25, 0.3) is 0 Å². The second-order valence-corrected chi connectivity index (χ2v) is 6.01. The number of benzene rings is 1. The molecule has 1 saturated carbocycles. The van der Waals surface area contributed by atoms with Gasteiger partial charge in [0.2, 0.25) is 0 Å². The van der Waals surface area contributed by atoms with Crippen LogP contribution in [0.2, 0.25) is 0 Å². The van der Waals surface area contributed by atoms with E-state index in [1.165, 1.54) is 12.7 Å². The van der Waals surface area contributed by atoms with E-state index in [-0.39, 0.29) is 11.4 Å². The van der Waals surface area contributed by atoms with Crippen molar-refractivity contribution in [2.75, 3.05) is 7.11 Å². The van der Waals surface area contributed by atoms with Gasteiger partial charge in [-0.25, -0.2) is 4.79 Å². The number of Topliss-reactive ketones (excluding diaryl/α,β-unsaturated/α-hetero) is 1. The Hall–Kier alpha value is -1.90. The minimum atomic E-state index is -0.308. The number of fused-ring (bicyclic) bond motifs is 3. The first-order valence-corrected chi connectivity index (χ1v) is 7.53. The molecule has 3 rings (SSSR count). The van der Waals surface area contributed by atoms with Crippen molar-refractivity contribution in [3.63, 3.8) is 0 Å². The van der Waals surface area contributed by atoms with E-state index in [0.29, 0.717) is 30.1 Å². The molecule has 0 amide bonds. The third-order valence-corrected chi connectivity index (χ3v) is 5.16. The van der Waals surface area contributed by atoms with Gasteiger partial charge in [-0.15, -0.1) is 0 Å². The van der Waals surface area contributed by atoms with Crippen LogP contribution in [0.15, 0.2) is 24.3 Å². The van der Waals surface area contributed by atoms with Crippen molar-refractivity contribution in [1.82, 2.24) is 0 Å². The van der Waals surface area contributed by atoms with E-state index in [9.17, 15) is 9.59 Å². The summed E-state index contributed by atoms with van der Waals surface area (Å²) in [6.45, 7) is 2.19. The first kappa shape index (κ1) is 14.1. The Morgan fingerprint density at radius 2 is 2.24 bits per heavy atom. The van der Waals surface area contributed by atoms with Gasteiger partial charge in [-0.05, 0) is 42.0 Å². The summed E-state index contributed by atoms with van der Waals surface area (Å²) in [6.07, 6.45) is 7.43. The molecule has 0 N–H and O–H groups in total. The Balaban J connectivity index is 2.08. The van der Waals surface area contributed by atoms with E-state index in [0.717, 1.165) is 18.4 Å². The lowest BCUT2D eigenvalue weighted by atomic mass is 9.58. The number of esters is 1. The van der Waals surface area contributed by atoms with Gasteiger partial charge >= 0.3 is 5.97 Å². The van der Waals surface area contributed by atoms with Gasteiger partial charge in [-0.1, -0.05) is 25.1 Å². The third-order valence-electron chi connectivity index (χ3n) is 5.16. The van der Waals surface area contributed by atoms with Crippen molar-refractivity contribution in [2.24, 2.45) is 5.92 Å². The summed E-state index contributed by atoms with van der Waals surface area (Å²) in [5.74, 6) is 0.348. The molecule has 1 fully saturated rings. The molecular weight excluding hydrogens is 264 g/mol. The highest BCUT2D eigenvalue weighted by Crippen LogP contribution is 2.50. The number of hydrogen-bond donors (Lipinski definition) is 0. The van der Waals surface area contributed by atoms with E-state index < -0.39 is 0 Å². The Kier molecular flexibility index (Phi) is 3.44. The molecule has 0 radical (unpaired) electrons. The van der Waals surface area contributed by atoms with Crippen LogP contribution in [0.3, 0.4) is 0 Å². The second-order valence-electron chi connectivity index (χ2n) is 6.01. The summed E-state index contributed by atoms with van der Waals surface area (Å²) >= 11 is 0. The molecule has 0 aliphatic heterocycles. The number of carbonyl (C=O) groups excluding carboxylic acids is 2. The molecule has 0 spiro atoms. The fraction of sp³-hybridized carbons (Fsp3) is 0.444. The molecule has 3 heteroatoms. The zero-order valence-electron chi connectivity index (χ0n) is 12.5. The molecule has 0 heterocycles. The quantitative estimate of drug-likeness (QED) is 0.780. The summed E-state index contributed by atoms with van der Waals surface area (Å²) in [7, 11) is 1.40. The highest BCUT2D eigenvalue weighted by molar-refractivity contribution is 5.90. The molecule has 21 heavy (non-hydrogen) atoms. The normalized spacial score (nSPS) is 27.0. The van der Waals surface area contributed by atoms with Crippen molar-refractivity contribution in [3.8, 4) is 0 Å². The average Bonchev–Trinajstić information content (AvgIpc) is 2.53. The maximum absolute atomic E-state index is 11.8. The van der Waals surface area contributed by atoms with Gasteiger partial charge in [-0.3, -0.25) is 4.79 Å². The minimum absolute atomic E-state index is 0.0483. The molecule has 1 aromatic rings. The van der Waals surface area contributed by atoms with Crippen molar-refractivity contribution >= 4 is 17.8 Å². The van der Waals surface area contributed by atoms with E-state index in [4.69, 9.17) is 4.74 Å². The molecule has 0 aromatic heterocycles. The summed E-state index contributed by atoms with van der Waals surface area (Å²) in [6, 6.07) is 5.80. The van der Waals surface area contributed by atoms with Crippen molar-refractivity contribution in [2.45, 2.75) is 38.0 Å². The molecule has 3 nitrogen and oxygen atoms in total. The molecule has 110 valence electrons. The maximum atomic E-state index is 11.8. The molecule has 2 aliphatic rings. The van der Waals surface area contributed by atoms with Crippen LogP contribution in [0.1, 0.15) is 54.1 Å². The van der Waals surface area contributed by atoms with Crippen molar-refractivity contribution in [1.29, 1.82) is 0 Å². The van der Waals surface area contributed by atoms with Crippen LogP contribution in [0.4, 0.5) is 0 Å². The Morgan fingerprint density at radius 3 is 2.95 bits per heavy atom. The maximum Gasteiger partial charge on any atom is 0.337 e. The topological polar surface area (TPSA) is 43.4 Å². The summed E-state index contributed by atoms with van der Waals surface area (Å²) in [5, 5.41) is 0. The number of ketones is 1. The number of rotatable bonds is 2. The average molecular weight is 284 g/mol. The Labute approximate surface area is 125 Å². The number of carbonyl (C=O) groups is 2. The molecule has 2 aliphatic carbocycles. The van der Waals surface area contributed by atoms with Crippen LogP contribution in [-0.2, 0) is 14.9 Å². The number of hydrogen-bond acceptors (Lipinski definition) is 3. The first-order chi connectivity index (χ1) is 10.1. The Bertz CT molecular complexity index is 629. The Morgan fingerprint density at radius 1 is 1.43 bits per heavy atom. The van der Waals surface area contributed by atoms with Crippen LogP contribution in [0.25, 0.3) is 6.08 Å². The zero-order valence-corrected chi connectivity index (χ0v) is 12.5. The van der Waals surface area contributed by atoms with Gasteiger partial charge in [0.1, 0.15) is 5.78 Å². The summed E-state index contributed by atoms with van der Waals surface area (Å²) in [4.78, 5) is 23.5. The fourth-order valence-corrected chi connectivity index (χ4v) is 3.93. The second kappa shape index (κ2) is 5.14. The number of allylic oxidation sites excluding steroid dienone is 1. The molecule has 0 bridgehead atoms. The zero-order chi connectivity index (χ0) is 15.0. The predicted molar refractivity (Wildman–Crippen MR) is 81.1 cm³/mol. The number of methoxy groups -OCH3 is 1. The highest BCUT2D eigenvalue weighted by atomic mass is 16.5. The number of ether oxygens (including phenoxy) is 1. The van der Waals surface area contributed by atoms with Gasteiger partial charge < -0.3 is 4.74 Å². The highest BCUT2D eigenvalue weighted by Gasteiger charge is 2.44. The summed E-state index contributed by atoms with van der Waals surface area (Å²) in [5.41, 5.74) is 2.99. The van der Waals surface area contributed by atoms with Crippen LogP contribution < -0.4 is 0 Å². The SMILES string of the molecule is CCC12CCC(=O)CC1C=Cc1cc(C(=O)OC)ccc12. The van der Waals surface area contributed by atoms with E-state index >= 15 is 0 Å². The molecule has 2 atom stereocenters. The molecule has 2 unspecified atom stereocenters. The third kappa shape index (κ3) is 2.11. The molecule has 0 saturated heterocycles. The lowest BCUT2D eigenvalue weighted by Gasteiger charge is -2.45. The van der Waals surface area contributed by atoms with Crippen LogP contribution >= 0.6 is 0 Å².